The van der Waals surface area contributed by atoms with Gasteiger partial charge in [0.2, 0.25) is 5.91 Å². The molecule has 1 aromatic heterocycles. The molecule has 0 aliphatic heterocycles. The van der Waals surface area contributed by atoms with Crippen LogP contribution in [-0.2, 0) is 17.8 Å². The molecule has 1 N–H and O–H groups in total. The zero-order chi connectivity index (χ0) is 18.6. The van der Waals surface area contributed by atoms with Crippen LogP contribution in [0.2, 0.25) is 0 Å². The Balaban J connectivity index is 1.59. The summed E-state index contributed by atoms with van der Waals surface area (Å²) in [6.07, 6.45) is 5.28. The zero-order valence-corrected chi connectivity index (χ0v) is 15.6. The topological polar surface area (TPSA) is 56.2 Å². The molecule has 0 spiro atoms. The fourth-order valence-electron chi connectivity index (χ4n) is 3.85. The molecule has 0 radical (unpaired) electrons. The fraction of sp³-hybridized carbons (Fsp3) is 0.364. The van der Waals surface area contributed by atoms with Gasteiger partial charge in [-0.15, -0.1) is 0 Å². The summed E-state index contributed by atoms with van der Waals surface area (Å²) in [5.41, 5.74) is 3.07. The molecule has 1 saturated carbocycles. The van der Waals surface area contributed by atoms with E-state index in [9.17, 15) is 4.79 Å². The van der Waals surface area contributed by atoms with Crippen LogP contribution in [0.3, 0.4) is 0 Å². The van der Waals surface area contributed by atoms with Crippen molar-refractivity contribution < 1.29 is 9.53 Å². The molecule has 0 saturated heterocycles. The van der Waals surface area contributed by atoms with Crippen molar-refractivity contribution in [2.75, 3.05) is 7.11 Å². The fourth-order valence-corrected chi connectivity index (χ4v) is 3.85. The van der Waals surface area contributed by atoms with E-state index in [1.54, 1.807) is 7.11 Å². The van der Waals surface area contributed by atoms with Crippen LogP contribution in [0.15, 0.2) is 48.5 Å². The first-order valence-corrected chi connectivity index (χ1v) is 9.59. The van der Waals surface area contributed by atoms with Gasteiger partial charge < -0.3 is 14.6 Å². The number of imidazole rings is 1. The number of ether oxygens (including phenoxy) is 1. The van der Waals surface area contributed by atoms with Crippen molar-refractivity contribution in [1.29, 1.82) is 0 Å². The van der Waals surface area contributed by atoms with Gasteiger partial charge >= 0.3 is 0 Å². The molecule has 1 amide bonds. The Morgan fingerprint density at radius 2 is 1.89 bits per heavy atom. The minimum absolute atomic E-state index is 0.0704. The summed E-state index contributed by atoms with van der Waals surface area (Å²) in [6, 6.07) is 16.3. The third kappa shape index (κ3) is 3.97. The van der Waals surface area contributed by atoms with E-state index in [1.807, 2.05) is 53.1 Å². The molecule has 3 aromatic rings. The van der Waals surface area contributed by atoms with Crippen molar-refractivity contribution >= 4 is 16.9 Å². The number of methoxy groups -OCH3 is 1. The van der Waals surface area contributed by atoms with Gasteiger partial charge in [0.1, 0.15) is 18.1 Å². The highest BCUT2D eigenvalue weighted by Crippen LogP contribution is 2.21. The first-order chi connectivity index (χ1) is 13.2. The summed E-state index contributed by atoms with van der Waals surface area (Å²) in [4.78, 5) is 17.4. The second-order valence-corrected chi connectivity index (χ2v) is 7.18. The van der Waals surface area contributed by atoms with E-state index in [2.05, 4.69) is 5.32 Å². The molecule has 4 rings (SSSR count). The van der Waals surface area contributed by atoms with Crippen molar-refractivity contribution in [2.45, 2.75) is 44.7 Å². The van der Waals surface area contributed by atoms with Gasteiger partial charge in [0.25, 0.3) is 0 Å². The Kier molecular flexibility index (Phi) is 5.10. The van der Waals surface area contributed by atoms with Crippen molar-refractivity contribution in [3.8, 4) is 5.75 Å². The number of carbonyl (C=O) groups excluding carboxylic acids is 1. The number of nitrogens with zero attached hydrogens (tertiary/aromatic N) is 2. The summed E-state index contributed by atoms with van der Waals surface area (Å²) < 4.78 is 7.28. The van der Waals surface area contributed by atoms with Crippen molar-refractivity contribution in [3.63, 3.8) is 0 Å². The standard InChI is InChI=1S/C22H25N3O2/c1-27-18-12-10-16(11-13-18)14-21-24-19-8-4-5-9-20(19)25(21)15-22(26)23-17-6-2-3-7-17/h4-5,8-13,17H,2-3,6-7,14-15H2,1H3,(H,23,26). The van der Waals surface area contributed by atoms with Crippen molar-refractivity contribution in [1.82, 2.24) is 14.9 Å². The zero-order valence-electron chi connectivity index (χ0n) is 15.6. The number of hydrogen-bond donors (Lipinski definition) is 1. The SMILES string of the molecule is COc1ccc(Cc2nc3ccccc3n2CC(=O)NC2CCCC2)cc1. The molecule has 5 heteroatoms. The third-order valence-corrected chi connectivity index (χ3v) is 5.28. The maximum atomic E-state index is 12.6. The minimum atomic E-state index is 0.0704. The van der Waals surface area contributed by atoms with Gasteiger partial charge in [-0.2, -0.15) is 0 Å². The third-order valence-electron chi connectivity index (χ3n) is 5.28. The van der Waals surface area contributed by atoms with Crippen LogP contribution in [0.5, 0.6) is 5.75 Å². The number of carbonyl (C=O) groups is 1. The number of aromatic nitrogens is 2. The van der Waals surface area contributed by atoms with E-state index < -0.39 is 0 Å². The van der Waals surface area contributed by atoms with Crippen LogP contribution in [0.1, 0.15) is 37.1 Å². The van der Waals surface area contributed by atoms with Crippen molar-refractivity contribution in [3.05, 3.63) is 59.9 Å². The van der Waals surface area contributed by atoms with Gasteiger partial charge in [-0.25, -0.2) is 4.98 Å². The number of para-hydroxylation sites is 2. The first-order valence-electron chi connectivity index (χ1n) is 9.59. The van der Waals surface area contributed by atoms with E-state index in [0.717, 1.165) is 41.0 Å². The van der Waals surface area contributed by atoms with E-state index in [4.69, 9.17) is 9.72 Å². The molecule has 27 heavy (non-hydrogen) atoms. The lowest BCUT2D eigenvalue weighted by molar-refractivity contribution is -0.122. The van der Waals surface area contributed by atoms with E-state index >= 15 is 0 Å². The molecule has 1 fully saturated rings. The van der Waals surface area contributed by atoms with Crippen LogP contribution in [0, 0.1) is 0 Å². The monoisotopic (exact) mass is 363 g/mol. The van der Waals surface area contributed by atoms with Gasteiger partial charge in [-0.3, -0.25) is 4.79 Å². The Labute approximate surface area is 159 Å². The predicted molar refractivity (Wildman–Crippen MR) is 106 cm³/mol. The summed E-state index contributed by atoms with van der Waals surface area (Å²) in [5, 5.41) is 3.18. The van der Waals surface area contributed by atoms with E-state index in [1.165, 1.54) is 12.8 Å². The molecular formula is C22H25N3O2. The molecule has 1 aliphatic rings. The number of hydrogen-bond acceptors (Lipinski definition) is 3. The Morgan fingerprint density at radius 3 is 2.63 bits per heavy atom. The number of amides is 1. The summed E-state index contributed by atoms with van der Waals surface area (Å²) in [6.45, 7) is 0.308. The molecule has 0 bridgehead atoms. The predicted octanol–water partition coefficient (Wildman–Crippen LogP) is 3.69. The number of rotatable bonds is 6. The maximum Gasteiger partial charge on any atom is 0.240 e. The van der Waals surface area contributed by atoms with Crippen molar-refractivity contribution in [2.24, 2.45) is 0 Å². The largest absolute Gasteiger partial charge is 0.497 e. The van der Waals surface area contributed by atoms with Gasteiger partial charge in [0.05, 0.1) is 18.1 Å². The number of fused-ring (bicyclic) bond motifs is 1. The number of nitrogens with one attached hydrogen (secondary N) is 1. The van der Waals surface area contributed by atoms with Gasteiger partial charge in [0, 0.05) is 12.5 Å². The Hall–Kier alpha value is -2.82. The average molecular weight is 363 g/mol. The van der Waals surface area contributed by atoms with Crippen LogP contribution < -0.4 is 10.1 Å². The Morgan fingerprint density at radius 1 is 1.15 bits per heavy atom. The summed E-state index contributed by atoms with van der Waals surface area (Å²) >= 11 is 0. The Bertz CT molecular complexity index is 924. The molecule has 0 unspecified atom stereocenters. The molecule has 2 aromatic carbocycles. The lowest BCUT2D eigenvalue weighted by atomic mass is 10.1. The maximum absolute atomic E-state index is 12.6. The van der Waals surface area contributed by atoms with E-state index in [-0.39, 0.29) is 5.91 Å². The molecule has 5 nitrogen and oxygen atoms in total. The second-order valence-electron chi connectivity index (χ2n) is 7.18. The average Bonchev–Trinajstić information content (AvgIpc) is 3.31. The lowest BCUT2D eigenvalue weighted by Crippen LogP contribution is -2.35. The van der Waals surface area contributed by atoms with Crippen LogP contribution in [-0.4, -0.2) is 28.6 Å². The molecule has 140 valence electrons. The molecule has 0 atom stereocenters. The quantitative estimate of drug-likeness (QED) is 0.727. The van der Waals surface area contributed by atoms with Gasteiger partial charge in [0.15, 0.2) is 0 Å². The van der Waals surface area contributed by atoms with Crippen LogP contribution in [0.4, 0.5) is 0 Å². The van der Waals surface area contributed by atoms with Gasteiger partial charge in [-0.1, -0.05) is 37.1 Å². The minimum Gasteiger partial charge on any atom is -0.497 e. The highest BCUT2D eigenvalue weighted by atomic mass is 16.5. The first kappa shape index (κ1) is 17.6. The van der Waals surface area contributed by atoms with Gasteiger partial charge in [-0.05, 0) is 42.7 Å². The second kappa shape index (κ2) is 7.82. The van der Waals surface area contributed by atoms with E-state index in [0.29, 0.717) is 19.0 Å². The van der Waals surface area contributed by atoms with Crippen LogP contribution in [0.25, 0.3) is 11.0 Å². The molecule has 1 heterocycles. The number of benzene rings is 2. The molecule has 1 aliphatic carbocycles. The lowest BCUT2D eigenvalue weighted by Gasteiger charge is -2.14. The molecular weight excluding hydrogens is 338 g/mol. The highest BCUT2D eigenvalue weighted by Gasteiger charge is 2.19. The highest BCUT2D eigenvalue weighted by molar-refractivity contribution is 5.81. The smallest absolute Gasteiger partial charge is 0.240 e. The normalized spacial score (nSPS) is 14.6. The summed E-state index contributed by atoms with van der Waals surface area (Å²) in [7, 11) is 1.66. The van der Waals surface area contributed by atoms with Crippen LogP contribution >= 0.6 is 0 Å². The summed E-state index contributed by atoms with van der Waals surface area (Å²) in [5.74, 6) is 1.81.